The average molecular weight is 573 g/mol. The summed E-state index contributed by atoms with van der Waals surface area (Å²) in [5.41, 5.74) is 7.06. The van der Waals surface area contributed by atoms with E-state index in [0.717, 1.165) is 45.2 Å². The van der Waals surface area contributed by atoms with Crippen molar-refractivity contribution in [1.29, 1.82) is 0 Å². The van der Waals surface area contributed by atoms with Gasteiger partial charge in [-0.15, -0.1) is 0 Å². The maximum Gasteiger partial charge on any atom is 0.336 e. The molecule has 4 N–H and O–H groups in total. The molecule has 0 saturated carbocycles. The van der Waals surface area contributed by atoms with Gasteiger partial charge in [-0.3, -0.25) is 4.99 Å². The zero-order chi connectivity index (χ0) is 30.4. The van der Waals surface area contributed by atoms with Gasteiger partial charge in [-0.05, 0) is 70.0 Å². The zero-order valence-corrected chi connectivity index (χ0v) is 24.8. The Balaban J connectivity index is 1.77. The number of ether oxygens (including phenoxy) is 2. The van der Waals surface area contributed by atoms with E-state index in [9.17, 15) is 14.7 Å². The molecule has 0 aromatic heterocycles. The Kier molecular flexibility index (Phi) is 9.77. The highest BCUT2D eigenvalue weighted by molar-refractivity contribution is 6.08. The van der Waals surface area contributed by atoms with E-state index in [1.807, 2.05) is 51.1 Å². The minimum absolute atomic E-state index is 0.0930. The molecule has 9 nitrogen and oxygen atoms in total. The molecule has 4 rings (SSSR count). The Hall–Kier alpha value is -4.47. The van der Waals surface area contributed by atoms with E-state index >= 15 is 0 Å². The van der Waals surface area contributed by atoms with Gasteiger partial charge in [-0.25, -0.2) is 9.59 Å². The maximum atomic E-state index is 12.6. The van der Waals surface area contributed by atoms with Crippen molar-refractivity contribution in [3.63, 3.8) is 0 Å². The summed E-state index contributed by atoms with van der Waals surface area (Å²) in [7, 11) is 0. The fraction of sp³-hybridized carbons (Fsp3) is 0.303. The number of aryl methyl sites for hydroxylation is 2. The molecule has 2 aromatic carbocycles. The Labute approximate surface area is 245 Å². The van der Waals surface area contributed by atoms with Crippen LogP contribution in [0.25, 0.3) is 33.4 Å². The van der Waals surface area contributed by atoms with E-state index in [2.05, 4.69) is 35.2 Å². The number of nitrogens with zero attached hydrogens (tertiary/aromatic N) is 1. The molecule has 0 bridgehead atoms. The number of hydrogen-bond acceptors (Lipinski definition) is 7. The number of anilines is 1. The topological polar surface area (TPSA) is 127 Å². The highest BCUT2D eigenvalue weighted by atomic mass is 16.6. The van der Waals surface area contributed by atoms with Crippen molar-refractivity contribution >= 4 is 34.3 Å². The molecule has 0 spiro atoms. The molecular formula is C33H38N3O6+. The van der Waals surface area contributed by atoms with Gasteiger partial charge in [-0.2, -0.15) is 0 Å². The summed E-state index contributed by atoms with van der Waals surface area (Å²) in [5, 5.41) is 17.2. The second-order valence-corrected chi connectivity index (χ2v) is 10.1. The number of carbonyl (C=O) groups is 2. The van der Waals surface area contributed by atoms with Crippen molar-refractivity contribution < 1.29 is 33.9 Å². The number of nitrogens with one attached hydrogen (secondary N) is 1. The second kappa shape index (κ2) is 13.5. The minimum atomic E-state index is -1.05. The SMILES string of the molecule is C=C(C)C(=O)OCCOCNc1ccc(-c2c3cc(C)c(=NCC)cc-3oc3cc([NH2+]CC)c(C)cc23)c(C(=O)O)c1. The molecule has 1 aliphatic heterocycles. The third kappa shape index (κ3) is 6.70. The Morgan fingerprint density at radius 1 is 1.05 bits per heavy atom. The Morgan fingerprint density at radius 3 is 2.52 bits per heavy atom. The molecule has 0 unspecified atom stereocenters. The number of aromatic carboxylic acids is 1. The third-order valence-corrected chi connectivity index (χ3v) is 6.88. The Bertz CT molecular complexity index is 1690. The minimum Gasteiger partial charge on any atom is -0.478 e. The third-order valence-electron chi connectivity index (χ3n) is 6.88. The van der Waals surface area contributed by atoms with Crippen LogP contribution >= 0.6 is 0 Å². The summed E-state index contributed by atoms with van der Waals surface area (Å²) in [6.07, 6.45) is 0. The van der Waals surface area contributed by atoms with E-state index in [0.29, 0.717) is 34.7 Å². The molecule has 220 valence electrons. The summed E-state index contributed by atoms with van der Waals surface area (Å²) >= 11 is 0. The molecule has 0 saturated heterocycles. The van der Waals surface area contributed by atoms with Gasteiger partial charge in [0.1, 0.15) is 30.4 Å². The number of hydrogen-bond donors (Lipinski definition) is 3. The molecule has 1 heterocycles. The van der Waals surface area contributed by atoms with Gasteiger partial charge in [0.15, 0.2) is 0 Å². The summed E-state index contributed by atoms with van der Waals surface area (Å²) in [6, 6.07) is 13.3. The van der Waals surface area contributed by atoms with Crippen LogP contribution in [0, 0.1) is 13.8 Å². The Morgan fingerprint density at radius 2 is 1.83 bits per heavy atom. The molecule has 0 radical (unpaired) electrons. The quantitative estimate of drug-likeness (QED) is 0.0534. The largest absolute Gasteiger partial charge is 0.478 e. The van der Waals surface area contributed by atoms with Gasteiger partial charge >= 0.3 is 11.9 Å². The van der Waals surface area contributed by atoms with E-state index in [4.69, 9.17) is 13.9 Å². The van der Waals surface area contributed by atoms with Gasteiger partial charge in [0.05, 0.1) is 24.1 Å². The number of carboxylic acids is 1. The number of rotatable bonds is 12. The normalized spacial score (nSPS) is 11.7. The maximum absolute atomic E-state index is 12.6. The number of fused-ring (bicyclic) bond motifs is 2. The zero-order valence-electron chi connectivity index (χ0n) is 24.8. The van der Waals surface area contributed by atoms with Crippen LogP contribution in [-0.2, 0) is 14.3 Å². The van der Waals surface area contributed by atoms with Crippen molar-refractivity contribution in [3.05, 3.63) is 76.7 Å². The van der Waals surface area contributed by atoms with E-state index in [-0.39, 0.29) is 25.5 Å². The first-order valence-corrected chi connectivity index (χ1v) is 14.0. The fourth-order valence-corrected chi connectivity index (χ4v) is 4.85. The number of carboxylic acid groups (broad SMARTS) is 1. The predicted octanol–water partition coefficient (Wildman–Crippen LogP) is 5.16. The second-order valence-electron chi connectivity index (χ2n) is 10.1. The molecule has 0 atom stereocenters. The van der Waals surface area contributed by atoms with Crippen LogP contribution in [0.2, 0.25) is 0 Å². The van der Waals surface area contributed by atoms with Gasteiger partial charge in [0, 0.05) is 52.0 Å². The predicted molar refractivity (Wildman–Crippen MR) is 163 cm³/mol. The first-order valence-electron chi connectivity index (χ1n) is 14.0. The van der Waals surface area contributed by atoms with Crippen LogP contribution in [0.15, 0.2) is 64.0 Å². The average Bonchev–Trinajstić information content (AvgIpc) is 2.95. The van der Waals surface area contributed by atoms with Gasteiger partial charge in [-0.1, -0.05) is 12.6 Å². The molecule has 0 amide bonds. The first-order chi connectivity index (χ1) is 20.1. The van der Waals surface area contributed by atoms with Crippen LogP contribution in [0.3, 0.4) is 0 Å². The standard InChI is InChI=1S/C33H37N3O6/c1-7-34-27-16-29-25(13-20(27)5)31(26-14-21(6)28(35-8-2)17-30(26)42-29)23-10-9-22(15-24(23)32(37)38)36-18-40-11-12-41-33(39)19(3)4/h9-10,13-17,34,36H,3,7-8,11-12,18H2,1-2,4-6H3,(H,37,38)/p+1. The molecule has 2 aliphatic rings. The van der Waals surface area contributed by atoms with Crippen LogP contribution in [0.4, 0.5) is 11.4 Å². The van der Waals surface area contributed by atoms with Gasteiger partial charge < -0.3 is 29.6 Å². The number of quaternary nitrogens is 1. The molecule has 1 aliphatic carbocycles. The molecule has 42 heavy (non-hydrogen) atoms. The van der Waals surface area contributed by atoms with Gasteiger partial charge in [0.2, 0.25) is 0 Å². The van der Waals surface area contributed by atoms with Crippen LogP contribution in [0.1, 0.15) is 42.3 Å². The highest BCUT2D eigenvalue weighted by Gasteiger charge is 2.23. The smallest absolute Gasteiger partial charge is 0.336 e. The lowest BCUT2D eigenvalue weighted by molar-refractivity contribution is -0.568. The van der Waals surface area contributed by atoms with Crippen molar-refractivity contribution in [2.75, 3.05) is 38.4 Å². The molecule has 2 aromatic rings. The van der Waals surface area contributed by atoms with E-state index < -0.39 is 11.9 Å². The summed E-state index contributed by atoms with van der Waals surface area (Å²) in [5.74, 6) is -0.880. The van der Waals surface area contributed by atoms with Crippen molar-refractivity contribution in [1.82, 2.24) is 0 Å². The highest BCUT2D eigenvalue weighted by Crippen LogP contribution is 2.43. The fourth-order valence-electron chi connectivity index (χ4n) is 4.85. The lowest BCUT2D eigenvalue weighted by Crippen LogP contribution is -2.77. The lowest BCUT2D eigenvalue weighted by Gasteiger charge is -2.19. The summed E-state index contributed by atoms with van der Waals surface area (Å²) < 4.78 is 16.9. The van der Waals surface area contributed by atoms with E-state index in [1.54, 1.807) is 13.0 Å². The first kappa shape index (κ1) is 30.5. The molecule has 9 heteroatoms. The van der Waals surface area contributed by atoms with Gasteiger partial charge in [0.25, 0.3) is 0 Å². The van der Waals surface area contributed by atoms with Crippen LogP contribution in [-0.4, -0.2) is 50.1 Å². The van der Waals surface area contributed by atoms with Crippen LogP contribution < -0.4 is 16.0 Å². The number of benzene rings is 3. The molecule has 0 fully saturated rings. The van der Waals surface area contributed by atoms with Crippen molar-refractivity contribution in [2.24, 2.45) is 4.99 Å². The molecular weight excluding hydrogens is 534 g/mol. The summed E-state index contributed by atoms with van der Waals surface area (Å²) in [6.45, 7) is 15.1. The number of esters is 1. The summed E-state index contributed by atoms with van der Waals surface area (Å²) in [4.78, 5) is 28.7. The number of carbonyl (C=O) groups excluding carboxylic acids is 1. The monoisotopic (exact) mass is 572 g/mol. The number of nitrogens with two attached hydrogens (primary N) is 1. The van der Waals surface area contributed by atoms with Crippen LogP contribution in [0.5, 0.6) is 0 Å². The van der Waals surface area contributed by atoms with E-state index in [1.165, 1.54) is 0 Å². The van der Waals surface area contributed by atoms with Crippen molar-refractivity contribution in [2.45, 2.75) is 34.6 Å². The van der Waals surface area contributed by atoms with Crippen molar-refractivity contribution in [3.8, 4) is 22.5 Å². The lowest BCUT2D eigenvalue weighted by atomic mass is 9.89.